The predicted octanol–water partition coefficient (Wildman–Crippen LogP) is 10.7. The first-order valence-electron chi connectivity index (χ1n) is 46.6. The molecule has 1 fully saturated rings. The smallest absolute Gasteiger partial charge is 0.242 e. The van der Waals surface area contributed by atoms with Gasteiger partial charge in [-0.1, -0.05) is 165 Å². The third-order valence-corrected chi connectivity index (χ3v) is 29.6. The van der Waals surface area contributed by atoms with Crippen LogP contribution in [0, 0.1) is 0 Å². The number of amides is 8. The Bertz CT molecular complexity index is 6700. The molecule has 141 heavy (non-hydrogen) atoms. The molecule has 1 saturated heterocycles. The molecule has 6 aliphatic rings. The fraction of sp³-hybridized carbons (Fsp3) is 0.301. The number of nitrogens with two attached hydrogens (primary N) is 1. The number of nitrogens with one attached hydrogen (secondary N) is 9. The van der Waals surface area contributed by atoms with Crippen molar-refractivity contribution in [3.8, 4) is 11.5 Å². The molecule has 0 bridgehead atoms. The summed E-state index contributed by atoms with van der Waals surface area (Å²) in [6.07, 6.45) is 9.14. The van der Waals surface area contributed by atoms with E-state index in [1.54, 1.807) is 101 Å². The van der Waals surface area contributed by atoms with Crippen LogP contribution in [0.3, 0.4) is 0 Å². The quantitative estimate of drug-likeness (QED) is 0.0183. The summed E-state index contributed by atoms with van der Waals surface area (Å²) in [4.78, 5) is 112. The molecule has 10 aromatic carbocycles. The third kappa shape index (κ3) is 30.0. The van der Waals surface area contributed by atoms with Crippen molar-refractivity contribution in [3.63, 3.8) is 0 Å². The molecule has 0 aliphatic carbocycles. The Labute approximate surface area is 821 Å². The summed E-state index contributed by atoms with van der Waals surface area (Å²) in [5.74, 6) is -0.219. The van der Waals surface area contributed by atoms with Gasteiger partial charge in [-0.2, -0.15) is 18.9 Å². The van der Waals surface area contributed by atoms with Gasteiger partial charge in [-0.15, -0.1) is 0 Å². The van der Waals surface area contributed by atoms with Gasteiger partial charge in [0, 0.05) is 112 Å². The molecule has 8 amide bonds. The lowest BCUT2D eigenvalue weighted by Gasteiger charge is -2.30. The van der Waals surface area contributed by atoms with E-state index in [1.807, 2.05) is 133 Å². The van der Waals surface area contributed by atoms with Crippen LogP contribution in [-0.2, 0) is 141 Å². The Balaban J connectivity index is 0.000000153. The number of rotatable bonds is 33. The fourth-order valence-corrected chi connectivity index (χ4v) is 21.2. The first kappa shape index (κ1) is 104. The number of anilines is 6. The van der Waals surface area contributed by atoms with Crippen molar-refractivity contribution >= 4 is 122 Å². The second kappa shape index (κ2) is 49.7. The molecule has 4 atom stereocenters. The lowest BCUT2D eigenvalue weighted by Crippen LogP contribution is -2.52. The molecule has 4 unspecified atom stereocenters. The average Bonchev–Trinajstić information content (AvgIpc) is 0.862. The first-order chi connectivity index (χ1) is 67.9. The van der Waals surface area contributed by atoms with Crippen LogP contribution in [0.4, 0.5) is 34.4 Å². The molecule has 17 rings (SSSR count). The van der Waals surface area contributed by atoms with Crippen LogP contribution in [0.2, 0.25) is 0 Å². The van der Waals surface area contributed by atoms with Crippen molar-refractivity contribution in [1.29, 1.82) is 0 Å². The number of hydrogen-bond acceptors (Lipinski definition) is 22. The molecular formula is C103H115N15O19S4. The van der Waals surface area contributed by atoms with Crippen LogP contribution in [0.5, 0.6) is 11.5 Å². The molecule has 740 valence electrons. The van der Waals surface area contributed by atoms with Crippen molar-refractivity contribution in [2.75, 3.05) is 90.6 Å². The van der Waals surface area contributed by atoms with Gasteiger partial charge in [0.05, 0.1) is 32.8 Å². The van der Waals surface area contributed by atoms with Gasteiger partial charge in [0.2, 0.25) is 93.3 Å². The minimum atomic E-state index is -4.05. The van der Waals surface area contributed by atoms with Crippen LogP contribution in [0.1, 0.15) is 109 Å². The molecule has 0 radical (unpaired) electrons. The van der Waals surface area contributed by atoms with Crippen LogP contribution in [-0.4, -0.2) is 184 Å². The Morgan fingerprint density at radius 1 is 0.404 bits per heavy atom. The van der Waals surface area contributed by atoms with E-state index in [9.17, 15) is 72.0 Å². The van der Waals surface area contributed by atoms with Gasteiger partial charge in [0.15, 0.2) is 11.5 Å². The van der Waals surface area contributed by atoms with E-state index in [1.165, 1.54) is 36.4 Å². The number of primary amides is 1. The van der Waals surface area contributed by atoms with Gasteiger partial charge in [-0.25, -0.2) is 43.6 Å². The number of nitrogens with zero attached hydrogens (tertiary/aromatic N) is 5. The summed E-state index contributed by atoms with van der Waals surface area (Å²) in [5, 5.41) is 13.8. The lowest BCUT2D eigenvalue weighted by molar-refractivity contribution is -0.137. The summed E-state index contributed by atoms with van der Waals surface area (Å²) < 4.78 is 132. The number of hydrogen-bond donors (Lipinski definition) is 10. The lowest BCUT2D eigenvalue weighted by atomic mass is 10.0. The molecule has 0 spiro atoms. The molecular weight excluding hydrogens is 1880 g/mol. The van der Waals surface area contributed by atoms with Crippen LogP contribution < -0.4 is 65.6 Å². The number of benzene rings is 10. The van der Waals surface area contributed by atoms with Crippen LogP contribution in [0.15, 0.2) is 281 Å². The Hall–Kier alpha value is -14.0. The van der Waals surface area contributed by atoms with Crippen molar-refractivity contribution in [2.45, 2.75) is 161 Å². The molecule has 11 N–H and O–H groups in total. The molecule has 1 aromatic heterocycles. The maximum absolute atomic E-state index is 13.9. The zero-order valence-electron chi connectivity index (χ0n) is 78.3. The minimum Gasteiger partial charge on any atom is -0.486 e. The number of aromatic nitrogens is 2. The largest absolute Gasteiger partial charge is 0.486 e. The molecule has 6 aliphatic heterocycles. The van der Waals surface area contributed by atoms with Crippen molar-refractivity contribution in [2.24, 2.45) is 5.73 Å². The average molecular weight is 2000 g/mol. The van der Waals surface area contributed by atoms with E-state index in [4.69, 9.17) is 19.9 Å². The second-order valence-corrected chi connectivity index (χ2v) is 40.8. The highest BCUT2D eigenvalue weighted by atomic mass is 32.2. The van der Waals surface area contributed by atoms with Crippen molar-refractivity contribution < 1.29 is 86.2 Å². The number of carbonyl (C=O) groups excluding carboxylic acids is 8. The van der Waals surface area contributed by atoms with Gasteiger partial charge < -0.3 is 61.2 Å². The second-order valence-electron chi connectivity index (χ2n) is 33.9. The maximum atomic E-state index is 13.9. The number of sulfonamides is 4. The normalized spacial score (nSPS) is 15.0. The van der Waals surface area contributed by atoms with Gasteiger partial charge in [-0.05, 0) is 213 Å². The standard InChI is InChI=1S/C29H33N3O4S.C26H25N3O6S.C22H25N3O5S.C18H19N3O4S.C8H13N3/c1-2-3-18-32(21-23-12-8-5-9-13-23)29(34)27(19-22-10-6-4-7-11-22)31-37(35,36)25-15-16-26-24(20-25)14-17-28(33)30-26;30-25-11-6-18-15-20(8-9-21(18)28-25)36(32,33)29-22(14-17-4-2-1-3-5-17)26(31)27-19-7-10-23-24(16-19)35-13-12-34-23;26-21-9-6-17-15-18(7-8-19(17)23-21)31(28,29)24-20(14-16-4-2-1-3-5-16)22(27)25-10-12-30-13-11-25;19-18(23)16(10-12-4-2-1-3-5-12)21-26(24,25)14-7-8-15-13(11-14)6-9-17(22)20-15;1-3-11(4-2)8-9-6-5-7-10-8/h4-13,15-16,20,27,31H,2-3,14,17-19,21H2,1H3,(H,30,33);1-5,7-10,15-16,22,29H,6,11-14H2,(H,27,31)(H,28,30);1-5,7-8,15,20,24H,6,9-14H2,(H,23,26);1-5,7-8,11,16,21H,6,9-10H2,(H2,19,23)(H,20,22);5-7H,3-4H2,1-2H3. The number of carbonyl (C=O) groups is 8. The van der Waals surface area contributed by atoms with E-state index >= 15 is 0 Å². The molecule has 7 heterocycles. The van der Waals surface area contributed by atoms with E-state index < -0.39 is 76.1 Å². The van der Waals surface area contributed by atoms with Gasteiger partial charge in [0.25, 0.3) is 0 Å². The monoisotopic (exact) mass is 1990 g/mol. The van der Waals surface area contributed by atoms with E-state index in [0.717, 1.165) is 82.0 Å². The minimum absolute atomic E-state index is 0.0302. The highest BCUT2D eigenvalue weighted by molar-refractivity contribution is 7.90. The van der Waals surface area contributed by atoms with Crippen molar-refractivity contribution in [3.05, 3.63) is 311 Å². The van der Waals surface area contributed by atoms with E-state index in [2.05, 4.69) is 81.1 Å². The third-order valence-electron chi connectivity index (χ3n) is 23.7. The van der Waals surface area contributed by atoms with Crippen molar-refractivity contribution in [1.82, 2.24) is 38.7 Å². The zero-order valence-corrected chi connectivity index (χ0v) is 81.6. The molecule has 11 aromatic rings. The number of ether oxygens (including phenoxy) is 3. The Morgan fingerprint density at radius 2 is 0.759 bits per heavy atom. The number of morpholine rings is 1. The first-order valence-corrected chi connectivity index (χ1v) is 52.5. The number of unbranched alkanes of at least 4 members (excludes halogenated alkanes) is 1. The summed E-state index contributed by atoms with van der Waals surface area (Å²) in [6, 6.07) is 67.8. The zero-order chi connectivity index (χ0) is 100. The summed E-state index contributed by atoms with van der Waals surface area (Å²) in [5.41, 5.74) is 15.6. The Morgan fingerprint density at radius 3 is 1.15 bits per heavy atom. The SMILES string of the molecule is CCCCN(Cc1ccccc1)C(=O)C(Cc1ccccc1)NS(=O)(=O)c1ccc2c(c1)CCC(=O)N2.CCN(CC)c1ncccn1.NC(=O)C(Cc1ccccc1)NS(=O)(=O)c1ccc2c(c1)CCC(=O)N2.O=C1CCc2cc(S(=O)(=O)NC(Cc3ccccc3)C(=O)N3CCOCC3)ccc2N1.O=C1CCc2cc(S(=O)(=O)NC(Cc3ccccc3)C(=O)Nc3ccc4c(c3)OCCO4)ccc2N1. The summed E-state index contributed by atoms with van der Waals surface area (Å²) in [7, 11) is -15.9. The van der Waals surface area contributed by atoms with Crippen LogP contribution >= 0.6 is 0 Å². The van der Waals surface area contributed by atoms with Crippen LogP contribution in [0.25, 0.3) is 0 Å². The highest BCUT2D eigenvalue weighted by Gasteiger charge is 2.36. The highest BCUT2D eigenvalue weighted by Crippen LogP contribution is 2.35. The Kier molecular flexibility index (Phi) is 36.8. The van der Waals surface area contributed by atoms with E-state index in [-0.39, 0.29) is 80.7 Å². The number of aryl methyl sites for hydroxylation is 4. The topological polar surface area (TPSA) is 471 Å². The molecule has 0 saturated carbocycles. The van der Waals surface area contributed by atoms with Gasteiger partial charge in [0.1, 0.15) is 37.4 Å². The van der Waals surface area contributed by atoms with Gasteiger partial charge in [-0.3, -0.25) is 38.4 Å². The predicted molar refractivity (Wildman–Crippen MR) is 536 cm³/mol. The molecule has 38 heteroatoms. The summed E-state index contributed by atoms with van der Waals surface area (Å²) >= 11 is 0. The number of fused-ring (bicyclic) bond motifs is 5. The fourth-order valence-electron chi connectivity index (χ4n) is 16.2. The van der Waals surface area contributed by atoms with Gasteiger partial charge >= 0.3 is 0 Å². The maximum Gasteiger partial charge on any atom is 0.242 e. The summed E-state index contributed by atoms with van der Waals surface area (Å²) in [6.45, 7) is 11.7. The molecule has 34 nitrogen and oxygen atoms in total. The van der Waals surface area contributed by atoms with E-state index in [0.29, 0.717) is 144 Å².